The summed E-state index contributed by atoms with van der Waals surface area (Å²) < 4.78 is 4.76. The molecular formula is C16H24O2. The van der Waals surface area contributed by atoms with E-state index in [4.69, 9.17) is 4.74 Å². The Kier molecular flexibility index (Phi) is 7.94. The van der Waals surface area contributed by atoms with E-state index in [1.54, 1.807) is 0 Å². The number of rotatable bonds is 10. The third kappa shape index (κ3) is 6.43. The Bertz CT molecular complexity index is 316. The maximum Gasteiger partial charge on any atom is 0.298 e. The average Bonchev–Trinajstić information content (AvgIpc) is 2.40. The number of carbonyl (C=O) groups excluding carboxylic acids is 1. The van der Waals surface area contributed by atoms with Gasteiger partial charge in [0.25, 0.3) is 6.47 Å². The molecular weight excluding hydrogens is 224 g/mol. The maximum absolute atomic E-state index is 10.2. The third-order valence-electron chi connectivity index (χ3n) is 3.18. The van der Waals surface area contributed by atoms with Gasteiger partial charge in [-0.15, -0.1) is 0 Å². The van der Waals surface area contributed by atoms with Crippen molar-refractivity contribution in [3.8, 4) is 5.75 Å². The topological polar surface area (TPSA) is 26.3 Å². The molecule has 0 heterocycles. The fourth-order valence-corrected chi connectivity index (χ4v) is 2.08. The first kappa shape index (κ1) is 14.7. The highest BCUT2D eigenvalue weighted by atomic mass is 16.5. The van der Waals surface area contributed by atoms with Crippen LogP contribution in [0.3, 0.4) is 0 Å². The van der Waals surface area contributed by atoms with Gasteiger partial charge in [0.2, 0.25) is 0 Å². The van der Waals surface area contributed by atoms with Crippen LogP contribution >= 0.6 is 0 Å². The van der Waals surface area contributed by atoms with E-state index in [9.17, 15) is 4.79 Å². The first-order chi connectivity index (χ1) is 8.86. The zero-order chi connectivity index (χ0) is 13.1. The average molecular weight is 248 g/mol. The van der Waals surface area contributed by atoms with Crippen molar-refractivity contribution < 1.29 is 9.53 Å². The van der Waals surface area contributed by atoms with E-state index >= 15 is 0 Å². The van der Waals surface area contributed by atoms with Crippen LogP contribution in [0.15, 0.2) is 24.3 Å². The minimum atomic E-state index is 0.464. The Balaban J connectivity index is 2.09. The van der Waals surface area contributed by atoms with Crippen LogP contribution in [0.4, 0.5) is 0 Å². The minimum Gasteiger partial charge on any atom is -0.429 e. The number of unbranched alkanes of at least 4 members (excludes halogenated alkanes) is 6. The number of aryl methyl sites for hydroxylation is 1. The second kappa shape index (κ2) is 9.69. The first-order valence-electron chi connectivity index (χ1n) is 7.06. The monoisotopic (exact) mass is 248 g/mol. The quantitative estimate of drug-likeness (QED) is 0.449. The lowest BCUT2D eigenvalue weighted by atomic mass is 10.0. The summed E-state index contributed by atoms with van der Waals surface area (Å²) in [6.45, 7) is 2.71. The molecule has 0 aliphatic rings. The molecule has 0 aliphatic heterocycles. The summed E-state index contributed by atoms with van der Waals surface area (Å²) in [4.78, 5) is 10.2. The van der Waals surface area contributed by atoms with Gasteiger partial charge in [0.05, 0.1) is 0 Å². The van der Waals surface area contributed by atoms with Gasteiger partial charge in [-0.05, 0) is 30.5 Å². The van der Waals surface area contributed by atoms with Gasteiger partial charge < -0.3 is 4.74 Å². The van der Waals surface area contributed by atoms with Gasteiger partial charge in [-0.3, -0.25) is 4.79 Å². The molecule has 0 amide bonds. The van der Waals surface area contributed by atoms with Crippen molar-refractivity contribution in [1.82, 2.24) is 0 Å². The zero-order valence-electron chi connectivity index (χ0n) is 11.4. The van der Waals surface area contributed by atoms with Crippen molar-refractivity contribution >= 4 is 6.47 Å². The van der Waals surface area contributed by atoms with E-state index in [1.807, 2.05) is 24.3 Å². The predicted molar refractivity (Wildman–Crippen MR) is 74.8 cm³/mol. The molecule has 0 radical (unpaired) electrons. The van der Waals surface area contributed by atoms with Crippen LogP contribution in [0.1, 0.15) is 57.4 Å². The predicted octanol–water partition coefficient (Wildman–Crippen LogP) is 4.51. The second-order valence-electron chi connectivity index (χ2n) is 4.73. The van der Waals surface area contributed by atoms with Crippen molar-refractivity contribution in [2.24, 2.45) is 0 Å². The SMILES string of the molecule is CCCCCCCCCc1ccc(OC=O)cc1. The van der Waals surface area contributed by atoms with E-state index in [0.717, 1.165) is 6.42 Å². The summed E-state index contributed by atoms with van der Waals surface area (Å²) in [5.41, 5.74) is 1.32. The molecule has 0 aliphatic carbocycles. The van der Waals surface area contributed by atoms with E-state index in [0.29, 0.717) is 12.2 Å². The van der Waals surface area contributed by atoms with Crippen LogP contribution in [0.25, 0.3) is 0 Å². The van der Waals surface area contributed by atoms with Crippen molar-refractivity contribution in [3.05, 3.63) is 29.8 Å². The Hall–Kier alpha value is -1.31. The van der Waals surface area contributed by atoms with Gasteiger partial charge in [0, 0.05) is 0 Å². The fraction of sp³-hybridized carbons (Fsp3) is 0.562. The summed E-state index contributed by atoms with van der Waals surface area (Å²) in [6, 6.07) is 7.78. The lowest BCUT2D eigenvalue weighted by Gasteiger charge is -2.03. The molecule has 2 heteroatoms. The molecule has 1 aromatic carbocycles. The summed E-state index contributed by atoms with van der Waals surface area (Å²) in [5, 5.41) is 0. The third-order valence-corrected chi connectivity index (χ3v) is 3.18. The second-order valence-corrected chi connectivity index (χ2v) is 4.73. The highest BCUT2D eigenvalue weighted by Gasteiger charge is 1.96. The highest BCUT2D eigenvalue weighted by Crippen LogP contribution is 2.14. The highest BCUT2D eigenvalue weighted by molar-refractivity contribution is 5.45. The Morgan fingerprint density at radius 1 is 0.944 bits per heavy atom. The van der Waals surface area contributed by atoms with Gasteiger partial charge in [-0.1, -0.05) is 57.6 Å². The van der Waals surface area contributed by atoms with Gasteiger partial charge in [-0.2, -0.15) is 0 Å². The minimum absolute atomic E-state index is 0.464. The fourth-order valence-electron chi connectivity index (χ4n) is 2.08. The lowest BCUT2D eigenvalue weighted by molar-refractivity contribution is -0.120. The van der Waals surface area contributed by atoms with Crippen LogP contribution in [0, 0.1) is 0 Å². The number of hydrogen-bond donors (Lipinski definition) is 0. The van der Waals surface area contributed by atoms with Crippen molar-refractivity contribution in [2.45, 2.75) is 58.3 Å². The number of hydrogen-bond acceptors (Lipinski definition) is 2. The molecule has 0 saturated carbocycles. The van der Waals surface area contributed by atoms with Crippen LogP contribution in [-0.4, -0.2) is 6.47 Å². The summed E-state index contributed by atoms with van der Waals surface area (Å²) in [5.74, 6) is 0.619. The summed E-state index contributed by atoms with van der Waals surface area (Å²) >= 11 is 0. The molecule has 100 valence electrons. The van der Waals surface area contributed by atoms with Crippen LogP contribution in [-0.2, 0) is 11.2 Å². The van der Waals surface area contributed by atoms with Crippen molar-refractivity contribution in [2.75, 3.05) is 0 Å². The first-order valence-corrected chi connectivity index (χ1v) is 7.06. The number of ether oxygens (including phenoxy) is 1. The largest absolute Gasteiger partial charge is 0.429 e. The van der Waals surface area contributed by atoms with Gasteiger partial charge in [-0.25, -0.2) is 0 Å². The van der Waals surface area contributed by atoms with Crippen molar-refractivity contribution in [3.63, 3.8) is 0 Å². The normalized spacial score (nSPS) is 10.3. The molecule has 2 nitrogen and oxygen atoms in total. The van der Waals surface area contributed by atoms with E-state index in [1.165, 1.54) is 50.5 Å². The van der Waals surface area contributed by atoms with E-state index < -0.39 is 0 Å². The summed E-state index contributed by atoms with van der Waals surface area (Å²) in [6.07, 6.45) is 10.5. The molecule has 0 spiro atoms. The molecule has 0 atom stereocenters. The Morgan fingerprint density at radius 2 is 1.56 bits per heavy atom. The molecule has 0 fully saturated rings. The van der Waals surface area contributed by atoms with Crippen LogP contribution < -0.4 is 4.74 Å². The molecule has 1 aromatic rings. The smallest absolute Gasteiger partial charge is 0.298 e. The Morgan fingerprint density at radius 3 is 2.17 bits per heavy atom. The van der Waals surface area contributed by atoms with Gasteiger partial charge >= 0.3 is 0 Å². The molecule has 1 rings (SSSR count). The van der Waals surface area contributed by atoms with E-state index in [-0.39, 0.29) is 0 Å². The molecule has 0 aromatic heterocycles. The number of carbonyl (C=O) groups is 1. The standard InChI is InChI=1S/C16H24O2/c1-2-3-4-5-6-7-8-9-15-10-12-16(13-11-15)18-14-17/h10-14H,2-9H2,1H3. The molecule has 0 N–H and O–H groups in total. The van der Waals surface area contributed by atoms with Crippen LogP contribution in [0.5, 0.6) is 5.75 Å². The Labute approximate surface area is 110 Å². The summed E-state index contributed by atoms with van der Waals surface area (Å²) in [7, 11) is 0. The lowest BCUT2D eigenvalue weighted by Crippen LogP contribution is -1.90. The zero-order valence-corrected chi connectivity index (χ0v) is 11.4. The molecule has 18 heavy (non-hydrogen) atoms. The van der Waals surface area contributed by atoms with Crippen molar-refractivity contribution in [1.29, 1.82) is 0 Å². The number of benzene rings is 1. The molecule has 0 bridgehead atoms. The molecule has 0 unspecified atom stereocenters. The van der Waals surface area contributed by atoms with Gasteiger partial charge in [0.1, 0.15) is 5.75 Å². The maximum atomic E-state index is 10.2. The van der Waals surface area contributed by atoms with Crippen LogP contribution in [0.2, 0.25) is 0 Å². The molecule has 0 saturated heterocycles. The van der Waals surface area contributed by atoms with E-state index in [2.05, 4.69) is 6.92 Å². The van der Waals surface area contributed by atoms with Gasteiger partial charge in [0.15, 0.2) is 0 Å².